The van der Waals surface area contributed by atoms with Gasteiger partial charge in [0.1, 0.15) is 0 Å². The molecule has 0 amide bonds. The summed E-state index contributed by atoms with van der Waals surface area (Å²) in [6.07, 6.45) is 1.64. The molecule has 130 valence electrons. The molecule has 1 unspecified atom stereocenters. The first-order valence-electron chi connectivity index (χ1n) is 8.80. The van der Waals surface area contributed by atoms with E-state index in [1.54, 1.807) is 6.34 Å². The Morgan fingerprint density at radius 2 is 1.33 bits per heavy atom. The lowest BCUT2D eigenvalue weighted by Gasteiger charge is -2.28. The fourth-order valence-electron chi connectivity index (χ4n) is 3.59. The lowest BCUT2D eigenvalue weighted by atomic mass is 10.0. The molecule has 0 aromatic heterocycles. The normalized spacial score (nSPS) is 19.1. The maximum absolute atomic E-state index is 6.99. The fourth-order valence-corrected chi connectivity index (χ4v) is 3.88. The minimum absolute atomic E-state index is 0.619. The summed E-state index contributed by atoms with van der Waals surface area (Å²) in [5.74, 6) is 0.619. The summed E-state index contributed by atoms with van der Waals surface area (Å²) in [6, 6.07) is 28.6. The van der Waals surface area contributed by atoms with E-state index in [0.29, 0.717) is 5.84 Å². The van der Waals surface area contributed by atoms with Crippen molar-refractivity contribution in [3.63, 3.8) is 0 Å². The second kappa shape index (κ2) is 6.22. The molecule has 0 fully saturated rings. The molecule has 1 aliphatic heterocycles. The molecule has 1 N–H and O–H groups in total. The number of rotatable bonds is 2. The summed E-state index contributed by atoms with van der Waals surface area (Å²) < 4.78 is 0. The van der Waals surface area contributed by atoms with Gasteiger partial charge in [0.25, 0.3) is 0 Å². The van der Waals surface area contributed by atoms with Crippen molar-refractivity contribution < 1.29 is 0 Å². The predicted octanol–water partition coefficient (Wildman–Crippen LogP) is 5.42. The van der Waals surface area contributed by atoms with Gasteiger partial charge in [0.05, 0.1) is 6.34 Å². The predicted molar refractivity (Wildman–Crippen MR) is 114 cm³/mol. The molecule has 0 saturated carbocycles. The molecule has 27 heavy (non-hydrogen) atoms. The van der Waals surface area contributed by atoms with Gasteiger partial charge in [0, 0.05) is 11.1 Å². The van der Waals surface area contributed by atoms with Gasteiger partial charge in [-0.15, -0.1) is 0 Å². The Labute approximate surface area is 162 Å². The highest BCUT2D eigenvalue weighted by Crippen LogP contribution is 2.35. The van der Waals surface area contributed by atoms with Crippen LogP contribution in [-0.4, -0.2) is 12.2 Å². The van der Waals surface area contributed by atoms with Gasteiger partial charge in [-0.2, -0.15) is 0 Å². The van der Waals surface area contributed by atoms with Crippen molar-refractivity contribution in [2.45, 2.75) is 5.12 Å². The molecule has 0 radical (unpaired) electrons. The van der Waals surface area contributed by atoms with E-state index in [1.165, 1.54) is 0 Å². The molecule has 1 aliphatic rings. The van der Waals surface area contributed by atoms with E-state index in [0.717, 1.165) is 32.7 Å². The maximum atomic E-state index is 6.99. The van der Waals surface area contributed by atoms with E-state index < -0.39 is 5.12 Å². The summed E-state index contributed by atoms with van der Waals surface area (Å²) in [7, 11) is 0. The van der Waals surface area contributed by atoms with Crippen LogP contribution in [0.5, 0.6) is 0 Å². The van der Waals surface area contributed by atoms with Crippen LogP contribution >= 0.6 is 11.6 Å². The molecular weight excluding hydrogens is 354 g/mol. The molecule has 0 bridgehead atoms. The zero-order valence-corrected chi connectivity index (χ0v) is 15.2. The second-order valence-electron chi connectivity index (χ2n) is 6.51. The quantitative estimate of drug-likeness (QED) is 0.371. The minimum Gasteiger partial charge on any atom is -0.336 e. The lowest BCUT2D eigenvalue weighted by Crippen LogP contribution is -2.38. The fraction of sp³-hybridized carbons (Fsp3) is 0.0435. The van der Waals surface area contributed by atoms with Gasteiger partial charge in [-0.05, 0) is 21.5 Å². The van der Waals surface area contributed by atoms with Crippen LogP contribution in [0.25, 0.3) is 21.5 Å². The van der Waals surface area contributed by atoms with E-state index in [-0.39, 0.29) is 0 Å². The maximum Gasteiger partial charge on any atom is 0.236 e. The van der Waals surface area contributed by atoms with E-state index in [4.69, 9.17) is 16.6 Å². The van der Waals surface area contributed by atoms with Gasteiger partial charge < -0.3 is 5.32 Å². The zero-order chi connectivity index (χ0) is 18.3. The Bertz CT molecular complexity index is 1220. The number of benzene rings is 4. The van der Waals surface area contributed by atoms with E-state index in [9.17, 15) is 0 Å². The third-order valence-electron chi connectivity index (χ3n) is 4.88. The number of alkyl halides is 1. The first-order valence-corrected chi connectivity index (χ1v) is 9.18. The van der Waals surface area contributed by atoms with Gasteiger partial charge >= 0.3 is 0 Å². The van der Waals surface area contributed by atoms with Crippen molar-refractivity contribution in [3.05, 3.63) is 96.1 Å². The second-order valence-corrected chi connectivity index (χ2v) is 7.06. The van der Waals surface area contributed by atoms with Gasteiger partial charge in [-0.3, -0.25) is 0 Å². The molecule has 0 spiro atoms. The third kappa shape index (κ3) is 2.68. The third-order valence-corrected chi connectivity index (χ3v) is 5.28. The summed E-state index contributed by atoms with van der Waals surface area (Å²) in [5, 5.41) is 6.49. The average molecular weight is 370 g/mol. The number of hydrogen-bond acceptors (Lipinski definition) is 3. The van der Waals surface area contributed by atoms with Crippen LogP contribution < -0.4 is 5.32 Å². The van der Waals surface area contributed by atoms with Gasteiger partial charge in [-0.25, -0.2) is 9.98 Å². The summed E-state index contributed by atoms with van der Waals surface area (Å²) in [6.45, 7) is 0. The molecular formula is C23H16ClN3. The van der Waals surface area contributed by atoms with Crippen LogP contribution in [0.2, 0.25) is 0 Å². The van der Waals surface area contributed by atoms with E-state index in [1.807, 2.05) is 48.5 Å². The van der Waals surface area contributed by atoms with Crippen molar-refractivity contribution in [1.82, 2.24) is 5.32 Å². The highest BCUT2D eigenvalue weighted by atomic mass is 35.5. The number of fused-ring (bicyclic) bond motifs is 2. The number of amidine groups is 1. The average Bonchev–Trinajstić information content (AvgIpc) is 2.73. The number of halogens is 1. The minimum atomic E-state index is -1.10. The Hall–Kier alpha value is -3.17. The van der Waals surface area contributed by atoms with E-state index in [2.05, 4.69) is 46.7 Å². The monoisotopic (exact) mass is 369 g/mol. The largest absolute Gasteiger partial charge is 0.336 e. The van der Waals surface area contributed by atoms with Crippen molar-refractivity contribution >= 4 is 45.3 Å². The standard InChI is InChI=1S/C23H16ClN3/c24-23(21-14-6-10-17-8-2-4-12-19(17)21)26-15-25-22(27-23)20-13-5-9-16-7-1-3-11-18(16)20/h1-15H,(H,25,26,27). The number of nitrogens with zero attached hydrogens (tertiary/aromatic N) is 2. The Kier molecular flexibility index (Phi) is 3.69. The van der Waals surface area contributed by atoms with Crippen LogP contribution in [0.3, 0.4) is 0 Å². The summed E-state index contributed by atoms with van der Waals surface area (Å²) >= 11 is 6.99. The van der Waals surface area contributed by atoms with Crippen LogP contribution in [0.4, 0.5) is 0 Å². The van der Waals surface area contributed by atoms with Crippen LogP contribution in [0.1, 0.15) is 11.1 Å². The first kappa shape index (κ1) is 16.0. The van der Waals surface area contributed by atoms with Crippen LogP contribution in [0, 0.1) is 0 Å². The molecule has 4 aromatic rings. The molecule has 4 aromatic carbocycles. The van der Waals surface area contributed by atoms with Crippen LogP contribution in [-0.2, 0) is 5.12 Å². The van der Waals surface area contributed by atoms with E-state index >= 15 is 0 Å². The molecule has 1 atom stereocenters. The van der Waals surface area contributed by atoms with Crippen molar-refractivity contribution in [3.8, 4) is 0 Å². The Morgan fingerprint density at radius 3 is 2.15 bits per heavy atom. The molecule has 3 nitrogen and oxygen atoms in total. The van der Waals surface area contributed by atoms with Crippen molar-refractivity contribution in [1.29, 1.82) is 0 Å². The molecule has 0 saturated heterocycles. The Morgan fingerprint density at radius 1 is 0.704 bits per heavy atom. The molecule has 4 heteroatoms. The SMILES string of the molecule is ClC1(c2cccc3ccccc23)N=C(c2cccc3ccccc23)N=CN1. The summed E-state index contributed by atoms with van der Waals surface area (Å²) in [5.41, 5.74) is 1.88. The number of aliphatic imine (C=N–C) groups is 2. The molecule has 0 aliphatic carbocycles. The Balaban J connectivity index is 1.70. The van der Waals surface area contributed by atoms with Gasteiger partial charge in [0.15, 0.2) is 5.84 Å². The van der Waals surface area contributed by atoms with Crippen LogP contribution in [0.15, 0.2) is 94.9 Å². The topological polar surface area (TPSA) is 36.8 Å². The summed E-state index contributed by atoms with van der Waals surface area (Å²) in [4.78, 5) is 9.31. The van der Waals surface area contributed by atoms with Crippen molar-refractivity contribution in [2.24, 2.45) is 9.98 Å². The number of nitrogens with one attached hydrogen (secondary N) is 1. The number of hydrogen-bond donors (Lipinski definition) is 1. The lowest BCUT2D eigenvalue weighted by molar-refractivity contribution is 0.605. The highest BCUT2D eigenvalue weighted by molar-refractivity contribution is 6.27. The first-order chi connectivity index (χ1) is 13.2. The highest BCUT2D eigenvalue weighted by Gasteiger charge is 2.32. The molecule has 1 heterocycles. The molecule has 5 rings (SSSR count). The van der Waals surface area contributed by atoms with Crippen molar-refractivity contribution in [2.75, 3.05) is 0 Å². The van der Waals surface area contributed by atoms with Gasteiger partial charge in [0.2, 0.25) is 5.12 Å². The zero-order valence-electron chi connectivity index (χ0n) is 14.4. The smallest absolute Gasteiger partial charge is 0.236 e. The van der Waals surface area contributed by atoms with Gasteiger partial charge in [-0.1, -0.05) is 96.5 Å².